The molecule has 0 saturated heterocycles. The minimum atomic E-state index is 0.430. The zero-order chi connectivity index (χ0) is 12.0. The topological polar surface area (TPSA) is 66.0 Å². The van der Waals surface area contributed by atoms with Gasteiger partial charge in [-0.25, -0.2) is 4.68 Å². The molecule has 2 N–H and O–H groups in total. The molecule has 1 aromatic heterocycles. The number of aromatic nitrogens is 3. The van der Waals surface area contributed by atoms with E-state index in [0.29, 0.717) is 12.5 Å². The molecule has 5 nitrogen and oxygen atoms in total. The molecule has 0 amide bonds. The summed E-state index contributed by atoms with van der Waals surface area (Å²) in [6.07, 6.45) is 1.76. The van der Waals surface area contributed by atoms with Crippen LogP contribution in [0.2, 0.25) is 0 Å². The molecule has 0 bridgehead atoms. The van der Waals surface area contributed by atoms with Crippen molar-refractivity contribution < 1.29 is 4.74 Å². The molecule has 1 aromatic rings. The molecular formula is C11H22N4O. The molecule has 1 heterocycles. The molecule has 0 aliphatic heterocycles. The molecule has 0 atom stereocenters. The van der Waals surface area contributed by atoms with E-state index in [-0.39, 0.29) is 0 Å². The van der Waals surface area contributed by atoms with Crippen LogP contribution >= 0.6 is 0 Å². The van der Waals surface area contributed by atoms with Gasteiger partial charge >= 0.3 is 0 Å². The van der Waals surface area contributed by atoms with Gasteiger partial charge in [0.25, 0.3) is 0 Å². The van der Waals surface area contributed by atoms with Gasteiger partial charge in [-0.2, -0.15) is 0 Å². The van der Waals surface area contributed by atoms with Gasteiger partial charge in [0.1, 0.15) is 0 Å². The average molecular weight is 226 g/mol. The lowest BCUT2D eigenvalue weighted by atomic mass is 10.1. The highest BCUT2D eigenvalue weighted by Gasteiger charge is 2.14. The number of hydrogen-bond donors (Lipinski definition) is 1. The largest absolute Gasteiger partial charge is 0.385 e. The Balaban J connectivity index is 2.74. The van der Waals surface area contributed by atoms with E-state index in [4.69, 9.17) is 10.5 Å². The molecular weight excluding hydrogens is 204 g/mol. The van der Waals surface area contributed by atoms with Crippen molar-refractivity contribution in [3.63, 3.8) is 0 Å². The van der Waals surface area contributed by atoms with Gasteiger partial charge in [0.2, 0.25) is 0 Å². The third-order valence-corrected chi connectivity index (χ3v) is 2.49. The lowest BCUT2D eigenvalue weighted by Gasteiger charge is -2.10. The molecule has 5 heteroatoms. The van der Waals surface area contributed by atoms with Crippen LogP contribution in [0.3, 0.4) is 0 Å². The van der Waals surface area contributed by atoms with Crippen molar-refractivity contribution >= 4 is 0 Å². The van der Waals surface area contributed by atoms with Crippen molar-refractivity contribution in [1.82, 2.24) is 15.0 Å². The van der Waals surface area contributed by atoms with Crippen molar-refractivity contribution in [2.45, 2.75) is 39.2 Å². The van der Waals surface area contributed by atoms with Crippen molar-refractivity contribution in [3.8, 4) is 0 Å². The minimum absolute atomic E-state index is 0.430. The first kappa shape index (κ1) is 13.1. The minimum Gasteiger partial charge on any atom is -0.385 e. The monoisotopic (exact) mass is 226 g/mol. The van der Waals surface area contributed by atoms with Crippen molar-refractivity contribution in [1.29, 1.82) is 0 Å². The van der Waals surface area contributed by atoms with Crippen LogP contribution in [0.5, 0.6) is 0 Å². The van der Waals surface area contributed by atoms with Crippen LogP contribution in [-0.2, 0) is 17.7 Å². The SMILES string of the molecule is COCCCn1nnc(CCN)c1C(C)C. The maximum Gasteiger partial charge on any atom is 0.0874 e. The molecule has 92 valence electrons. The fraction of sp³-hybridized carbons (Fsp3) is 0.818. The van der Waals surface area contributed by atoms with Gasteiger partial charge < -0.3 is 10.5 Å². The van der Waals surface area contributed by atoms with Crippen LogP contribution in [0.15, 0.2) is 0 Å². The van der Waals surface area contributed by atoms with Gasteiger partial charge in [-0.15, -0.1) is 5.10 Å². The summed E-state index contributed by atoms with van der Waals surface area (Å²) in [4.78, 5) is 0. The highest BCUT2D eigenvalue weighted by molar-refractivity contribution is 5.14. The third-order valence-electron chi connectivity index (χ3n) is 2.49. The Bertz CT molecular complexity index is 309. The molecule has 0 fully saturated rings. The van der Waals surface area contributed by atoms with Crippen LogP contribution in [0.1, 0.15) is 37.6 Å². The lowest BCUT2D eigenvalue weighted by Crippen LogP contribution is -2.11. The number of aryl methyl sites for hydroxylation is 1. The Hall–Kier alpha value is -0.940. The first-order chi connectivity index (χ1) is 7.70. The van der Waals surface area contributed by atoms with E-state index in [1.54, 1.807) is 7.11 Å². The van der Waals surface area contributed by atoms with Gasteiger partial charge in [-0.3, -0.25) is 0 Å². The maximum absolute atomic E-state index is 5.56. The van der Waals surface area contributed by atoms with Crippen molar-refractivity contribution in [2.24, 2.45) is 5.73 Å². The molecule has 0 aliphatic rings. The van der Waals surface area contributed by atoms with Crippen LogP contribution < -0.4 is 5.73 Å². The van der Waals surface area contributed by atoms with Crippen molar-refractivity contribution in [2.75, 3.05) is 20.3 Å². The zero-order valence-electron chi connectivity index (χ0n) is 10.4. The number of ether oxygens (including phenoxy) is 1. The maximum atomic E-state index is 5.56. The Labute approximate surface area is 97.0 Å². The third kappa shape index (κ3) is 3.28. The Morgan fingerprint density at radius 3 is 2.75 bits per heavy atom. The molecule has 1 rings (SSSR count). The standard InChI is InChI=1S/C11H22N4O/c1-9(2)11-10(5-6-12)13-14-15(11)7-4-8-16-3/h9H,4-8,12H2,1-3H3. The number of hydrogen-bond acceptors (Lipinski definition) is 4. The second-order valence-corrected chi connectivity index (χ2v) is 4.18. The summed E-state index contributed by atoms with van der Waals surface area (Å²) in [5.74, 6) is 0.430. The summed E-state index contributed by atoms with van der Waals surface area (Å²) in [7, 11) is 1.71. The van der Waals surface area contributed by atoms with E-state index in [9.17, 15) is 0 Å². The highest BCUT2D eigenvalue weighted by Crippen LogP contribution is 2.18. The summed E-state index contributed by atoms with van der Waals surface area (Å²) in [6.45, 7) is 6.55. The first-order valence-corrected chi connectivity index (χ1v) is 5.82. The van der Waals surface area contributed by atoms with Gasteiger partial charge in [-0.05, 0) is 18.9 Å². The van der Waals surface area contributed by atoms with Crippen molar-refractivity contribution in [3.05, 3.63) is 11.4 Å². The molecule has 0 aliphatic carbocycles. The molecule has 0 saturated carbocycles. The van der Waals surface area contributed by atoms with E-state index in [1.165, 1.54) is 5.69 Å². The normalized spacial score (nSPS) is 11.3. The molecule has 0 radical (unpaired) electrons. The fourth-order valence-corrected chi connectivity index (χ4v) is 1.83. The average Bonchev–Trinajstić information content (AvgIpc) is 2.62. The van der Waals surface area contributed by atoms with E-state index in [0.717, 1.165) is 31.7 Å². The summed E-state index contributed by atoms with van der Waals surface area (Å²) < 4.78 is 7.02. The summed E-state index contributed by atoms with van der Waals surface area (Å²) in [6, 6.07) is 0. The smallest absolute Gasteiger partial charge is 0.0874 e. The predicted octanol–water partition coefficient (Wildman–Crippen LogP) is 0.939. The Morgan fingerprint density at radius 1 is 1.44 bits per heavy atom. The van der Waals surface area contributed by atoms with Crippen LogP contribution in [0, 0.1) is 0 Å². The second-order valence-electron chi connectivity index (χ2n) is 4.18. The molecule has 16 heavy (non-hydrogen) atoms. The summed E-state index contributed by atoms with van der Waals surface area (Å²) in [5.41, 5.74) is 7.81. The van der Waals surface area contributed by atoms with Gasteiger partial charge in [0.05, 0.1) is 11.4 Å². The van der Waals surface area contributed by atoms with E-state index in [2.05, 4.69) is 24.2 Å². The van der Waals surface area contributed by atoms with E-state index >= 15 is 0 Å². The first-order valence-electron chi connectivity index (χ1n) is 5.82. The molecule has 0 aromatic carbocycles. The fourth-order valence-electron chi connectivity index (χ4n) is 1.83. The molecule has 0 spiro atoms. The lowest BCUT2D eigenvalue weighted by molar-refractivity contribution is 0.188. The zero-order valence-corrected chi connectivity index (χ0v) is 10.4. The molecule has 0 unspecified atom stereocenters. The van der Waals surface area contributed by atoms with Crippen LogP contribution in [-0.4, -0.2) is 35.3 Å². The Morgan fingerprint density at radius 2 is 2.19 bits per heavy atom. The van der Waals surface area contributed by atoms with E-state index in [1.807, 2.05) is 4.68 Å². The number of nitrogens with zero attached hydrogens (tertiary/aromatic N) is 3. The van der Waals surface area contributed by atoms with Gasteiger partial charge in [0, 0.05) is 26.7 Å². The quantitative estimate of drug-likeness (QED) is 0.703. The summed E-state index contributed by atoms with van der Waals surface area (Å²) >= 11 is 0. The number of rotatable bonds is 7. The second kappa shape index (κ2) is 6.60. The van der Waals surface area contributed by atoms with Crippen LogP contribution in [0.4, 0.5) is 0 Å². The van der Waals surface area contributed by atoms with E-state index < -0.39 is 0 Å². The highest BCUT2D eigenvalue weighted by atomic mass is 16.5. The Kier molecular flexibility index (Phi) is 5.42. The van der Waals surface area contributed by atoms with Crippen LogP contribution in [0.25, 0.3) is 0 Å². The van der Waals surface area contributed by atoms with Gasteiger partial charge in [-0.1, -0.05) is 19.1 Å². The van der Waals surface area contributed by atoms with Gasteiger partial charge in [0.15, 0.2) is 0 Å². The number of nitrogens with two attached hydrogens (primary N) is 1. The summed E-state index contributed by atoms with van der Waals surface area (Å²) in [5, 5.41) is 8.38. The predicted molar refractivity (Wildman–Crippen MR) is 63.4 cm³/mol. The number of methoxy groups -OCH3 is 1.